The Balaban J connectivity index is 1.60. The molecule has 2 amide bonds. The molecule has 1 fully saturated rings. The van der Waals surface area contributed by atoms with Crippen LogP contribution in [0.25, 0.3) is 0 Å². The molecule has 1 unspecified atom stereocenters. The number of likely N-dealkylation sites (tertiary alicyclic amines) is 1. The molecule has 2 heterocycles. The molecule has 28 heavy (non-hydrogen) atoms. The SMILES string of the molecule is COc1ccc(N2C(=O)C3=C(CCCC3)C2CC(=O)N2CCCCCC2)cc1. The summed E-state index contributed by atoms with van der Waals surface area (Å²) in [5.41, 5.74) is 3.01. The maximum Gasteiger partial charge on any atom is 0.254 e. The molecule has 1 aromatic rings. The van der Waals surface area contributed by atoms with E-state index in [9.17, 15) is 9.59 Å². The van der Waals surface area contributed by atoms with Gasteiger partial charge in [0.25, 0.3) is 5.91 Å². The Morgan fingerprint density at radius 2 is 1.68 bits per heavy atom. The summed E-state index contributed by atoms with van der Waals surface area (Å²) in [5, 5.41) is 0. The van der Waals surface area contributed by atoms with E-state index in [-0.39, 0.29) is 17.9 Å². The van der Waals surface area contributed by atoms with Crippen LogP contribution in [0.4, 0.5) is 5.69 Å². The van der Waals surface area contributed by atoms with Crippen LogP contribution in [0.15, 0.2) is 35.4 Å². The number of anilines is 1. The first kappa shape index (κ1) is 19.0. The summed E-state index contributed by atoms with van der Waals surface area (Å²) < 4.78 is 5.26. The summed E-state index contributed by atoms with van der Waals surface area (Å²) in [6.07, 6.45) is 8.94. The molecule has 150 valence electrons. The maximum atomic E-state index is 13.2. The predicted molar refractivity (Wildman–Crippen MR) is 109 cm³/mol. The minimum Gasteiger partial charge on any atom is -0.497 e. The van der Waals surface area contributed by atoms with Crippen molar-refractivity contribution >= 4 is 17.5 Å². The number of rotatable bonds is 4. The third-order valence-electron chi connectivity index (χ3n) is 6.38. The van der Waals surface area contributed by atoms with Crippen LogP contribution in [0.2, 0.25) is 0 Å². The number of ether oxygens (including phenoxy) is 1. The van der Waals surface area contributed by atoms with E-state index in [1.807, 2.05) is 34.1 Å². The van der Waals surface area contributed by atoms with Gasteiger partial charge in [-0.2, -0.15) is 0 Å². The average Bonchev–Trinajstić information content (AvgIpc) is 2.90. The van der Waals surface area contributed by atoms with E-state index >= 15 is 0 Å². The lowest BCUT2D eigenvalue weighted by atomic mass is 9.89. The van der Waals surface area contributed by atoms with Crippen molar-refractivity contribution in [1.82, 2.24) is 4.90 Å². The van der Waals surface area contributed by atoms with Crippen LogP contribution in [-0.2, 0) is 9.59 Å². The van der Waals surface area contributed by atoms with E-state index in [1.54, 1.807) is 7.11 Å². The van der Waals surface area contributed by atoms with E-state index in [0.29, 0.717) is 6.42 Å². The molecule has 1 saturated heterocycles. The molecule has 0 spiro atoms. The fourth-order valence-corrected chi connectivity index (χ4v) is 4.85. The standard InChI is InChI=1S/C23H30N2O3/c1-28-18-12-10-17(11-13-18)25-21(19-8-4-5-9-20(19)23(25)27)16-22(26)24-14-6-2-3-7-15-24/h10-13,21H,2-9,14-16H2,1H3. The van der Waals surface area contributed by atoms with Gasteiger partial charge >= 0.3 is 0 Å². The molecule has 0 N–H and O–H groups in total. The zero-order valence-electron chi connectivity index (χ0n) is 16.8. The number of carbonyl (C=O) groups excluding carboxylic acids is 2. The van der Waals surface area contributed by atoms with Crippen molar-refractivity contribution in [3.05, 3.63) is 35.4 Å². The number of carbonyl (C=O) groups is 2. The number of benzene rings is 1. The van der Waals surface area contributed by atoms with Gasteiger partial charge < -0.3 is 14.5 Å². The first-order valence-electron chi connectivity index (χ1n) is 10.7. The van der Waals surface area contributed by atoms with Gasteiger partial charge in [-0.3, -0.25) is 9.59 Å². The molecule has 4 rings (SSSR count). The molecular formula is C23H30N2O3. The molecule has 0 aromatic heterocycles. The Labute approximate surface area is 167 Å². The normalized spacial score (nSPS) is 22.9. The number of hydrogen-bond acceptors (Lipinski definition) is 3. The van der Waals surface area contributed by atoms with Crippen molar-refractivity contribution < 1.29 is 14.3 Å². The summed E-state index contributed by atoms with van der Waals surface area (Å²) in [4.78, 5) is 30.2. The van der Waals surface area contributed by atoms with Crippen LogP contribution in [0, 0.1) is 0 Å². The Morgan fingerprint density at radius 3 is 2.36 bits per heavy atom. The van der Waals surface area contributed by atoms with Crippen molar-refractivity contribution in [2.45, 2.75) is 63.8 Å². The Kier molecular flexibility index (Phi) is 5.69. The molecule has 0 bridgehead atoms. The first-order chi connectivity index (χ1) is 13.7. The fraction of sp³-hybridized carbons (Fsp3) is 0.565. The van der Waals surface area contributed by atoms with Gasteiger partial charge in [-0.1, -0.05) is 12.8 Å². The van der Waals surface area contributed by atoms with Crippen LogP contribution < -0.4 is 9.64 Å². The Bertz CT molecular complexity index is 761. The molecule has 0 radical (unpaired) electrons. The second-order valence-corrected chi connectivity index (χ2v) is 8.10. The molecule has 3 aliphatic rings. The summed E-state index contributed by atoms with van der Waals surface area (Å²) in [6, 6.07) is 7.49. The Hall–Kier alpha value is -2.30. The predicted octanol–water partition coefficient (Wildman–Crippen LogP) is 4.07. The van der Waals surface area contributed by atoms with Crippen molar-refractivity contribution in [1.29, 1.82) is 0 Å². The van der Waals surface area contributed by atoms with Crippen LogP contribution >= 0.6 is 0 Å². The van der Waals surface area contributed by atoms with E-state index in [0.717, 1.165) is 68.6 Å². The minimum absolute atomic E-state index is 0.0912. The van der Waals surface area contributed by atoms with Crippen molar-refractivity contribution in [3.8, 4) is 5.75 Å². The van der Waals surface area contributed by atoms with Gasteiger partial charge in [-0.15, -0.1) is 0 Å². The van der Waals surface area contributed by atoms with E-state index in [4.69, 9.17) is 4.74 Å². The van der Waals surface area contributed by atoms with Crippen molar-refractivity contribution in [2.24, 2.45) is 0 Å². The number of methoxy groups -OCH3 is 1. The van der Waals surface area contributed by atoms with Crippen LogP contribution in [0.5, 0.6) is 5.75 Å². The number of nitrogens with zero attached hydrogens (tertiary/aromatic N) is 2. The van der Waals surface area contributed by atoms with Gasteiger partial charge in [0, 0.05) is 24.4 Å². The smallest absolute Gasteiger partial charge is 0.254 e. The highest BCUT2D eigenvalue weighted by Crippen LogP contribution is 2.40. The zero-order valence-corrected chi connectivity index (χ0v) is 16.8. The van der Waals surface area contributed by atoms with Gasteiger partial charge in [0.2, 0.25) is 5.91 Å². The quantitative estimate of drug-likeness (QED) is 0.789. The van der Waals surface area contributed by atoms with Crippen LogP contribution in [-0.4, -0.2) is 43.0 Å². The van der Waals surface area contributed by atoms with E-state index in [2.05, 4.69) is 0 Å². The van der Waals surface area contributed by atoms with Gasteiger partial charge in [-0.05, 0) is 68.4 Å². The Morgan fingerprint density at radius 1 is 1.00 bits per heavy atom. The largest absolute Gasteiger partial charge is 0.497 e. The number of amides is 2. The molecule has 5 nitrogen and oxygen atoms in total. The van der Waals surface area contributed by atoms with Crippen molar-refractivity contribution in [3.63, 3.8) is 0 Å². The van der Waals surface area contributed by atoms with Gasteiger partial charge in [0.05, 0.1) is 19.6 Å². The average molecular weight is 383 g/mol. The highest BCUT2D eigenvalue weighted by Gasteiger charge is 2.41. The molecule has 1 aromatic carbocycles. The van der Waals surface area contributed by atoms with Gasteiger partial charge in [0.15, 0.2) is 0 Å². The molecule has 1 atom stereocenters. The third kappa shape index (κ3) is 3.67. The minimum atomic E-state index is -0.132. The van der Waals surface area contributed by atoms with Gasteiger partial charge in [0.1, 0.15) is 5.75 Å². The number of hydrogen-bond donors (Lipinski definition) is 0. The highest BCUT2D eigenvalue weighted by molar-refractivity contribution is 6.10. The zero-order chi connectivity index (χ0) is 19.5. The van der Waals surface area contributed by atoms with Gasteiger partial charge in [-0.25, -0.2) is 0 Å². The lowest BCUT2D eigenvalue weighted by molar-refractivity contribution is -0.131. The fourth-order valence-electron chi connectivity index (χ4n) is 4.85. The molecular weight excluding hydrogens is 352 g/mol. The molecule has 0 saturated carbocycles. The second-order valence-electron chi connectivity index (χ2n) is 8.10. The maximum absolute atomic E-state index is 13.2. The topological polar surface area (TPSA) is 49.9 Å². The van der Waals surface area contributed by atoms with Crippen LogP contribution in [0.1, 0.15) is 57.8 Å². The first-order valence-corrected chi connectivity index (χ1v) is 10.7. The second kappa shape index (κ2) is 8.38. The van der Waals surface area contributed by atoms with Crippen LogP contribution in [0.3, 0.4) is 0 Å². The summed E-state index contributed by atoms with van der Waals surface area (Å²) in [5.74, 6) is 1.05. The lowest BCUT2D eigenvalue weighted by Crippen LogP contribution is -2.41. The van der Waals surface area contributed by atoms with E-state index < -0.39 is 0 Å². The van der Waals surface area contributed by atoms with E-state index in [1.165, 1.54) is 18.4 Å². The van der Waals surface area contributed by atoms with Crippen molar-refractivity contribution in [2.75, 3.05) is 25.1 Å². The lowest BCUT2D eigenvalue weighted by Gasteiger charge is -2.30. The summed E-state index contributed by atoms with van der Waals surface area (Å²) in [6.45, 7) is 1.71. The molecule has 1 aliphatic carbocycles. The highest BCUT2D eigenvalue weighted by atomic mass is 16.5. The monoisotopic (exact) mass is 382 g/mol. The summed E-state index contributed by atoms with van der Waals surface area (Å²) >= 11 is 0. The third-order valence-corrected chi connectivity index (χ3v) is 6.38. The summed E-state index contributed by atoms with van der Waals surface area (Å²) in [7, 11) is 1.64. The molecule has 5 heteroatoms. The molecule has 2 aliphatic heterocycles.